The van der Waals surface area contributed by atoms with E-state index in [0.717, 1.165) is 0 Å². The molecule has 0 saturated heterocycles. The summed E-state index contributed by atoms with van der Waals surface area (Å²) in [6.07, 6.45) is -1.69. The summed E-state index contributed by atoms with van der Waals surface area (Å²) in [4.78, 5) is 39.6. The SMILES string of the molecule is COC(=O)c1ccc(N/C(=N/C(=O)OC(C)(C)C)NC(=O)OC(C)(C)C)c(I)c1. The number of nitrogens with one attached hydrogen (secondary N) is 2. The first-order chi connectivity index (χ1) is 13.2. The first kappa shape index (κ1) is 24.7. The Labute approximate surface area is 183 Å². The molecule has 0 atom stereocenters. The fraction of sp³-hybridized carbons (Fsp3) is 0.474. The average Bonchev–Trinajstić information content (AvgIpc) is 2.52. The minimum Gasteiger partial charge on any atom is -0.465 e. The number of esters is 1. The highest BCUT2D eigenvalue weighted by Gasteiger charge is 2.21. The van der Waals surface area contributed by atoms with E-state index < -0.39 is 29.4 Å². The van der Waals surface area contributed by atoms with Crippen molar-refractivity contribution in [2.24, 2.45) is 4.99 Å². The van der Waals surface area contributed by atoms with Crippen LogP contribution in [0.25, 0.3) is 0 Å². The lowest BCUT2D eigenvalue weighted by atomic mass is 10.2. The van der Waals surface area contributed by atoms with Gasteiger partial charge in [-0.2, -0.15) is 0 Å². The first-order valence-electron chi connectivity index (χ1n) is 8.67. The Bertz CT molecular complexity index is 809. The van der Waals surface area contributed by atoms with Crippen molar-refractivity contribution in [2.75, 3.05) is 12.4 Å². The highest BCUT2D eigenvalue weighted by atomic mass is 127. The molecular weight excluding hydrogens is 493 g/mol. The number of alkyl carbamates (subject to hydrolysis) is 1. The molecule has 0 radical (unpaired) electrons. The molecule has 0 unspecified atom stereocenters. The molecule has 0 aliphatic carbocycles. The van der Waals surface area contributed by atoms with Gasteiger partial charge in [0.1, 0.15) is 11.2 Å². The van der Waals surface area contributed by atoms with Crippen LogP contribution >= 0.6 is 22.6 Å². The van der Waals surface area contributed by atoms with Crippen LogP contribution in [0.2, 0.25) is 0 Å². The zero-order chi connectivity index (χ0) is 22.4. The maximum absolute atomic E-state index is 12.1. The number of rotatable bonds is 2. The second kappa shape index (κ2) is 9.90. The Hall–Kier alpha value is -2.37. The molecule has 10 heteroatoms. The lowest BCUT2D eigenvalue weighted by molar-refractivity contribution is 0.0559. The second-order valence-electron chi connectivity index (χ2n) is 7.88. The lowest BCUT2D eigenvalue weighted by Crippen LogP contribution is -2.40. The molecule has 0 aliphatic rings. The molecule has 29 heavy (non-hydrogen) atoms. The Kier molecular flexibility index (Phi) is 8.42. The molecule has 0 spiro atoms. The number of hydrogen-bond acceptors (Lipinski definition) is 6. The number of guanidine groups is 1. The highest BCUT2D eigenvalue weighted by molar-refractivity contribution is 14.1. The maximum atomic E-state index is 12.1. The van der Waals surface area contributed by atoms with E-state index in [1.165, 1.54) is 13.2 Å². The molecule has 1 rings (SSSR count). The van der Waals surface area contributed by atoms with Gasteiger partial charge in [0.05, 0.1) is 18.4 Å². The van der Waals surface area contributed by atoms with Crippen molar-refractivity contribution in [3.8, 4) is 0 Å². The van der Waals surface area contributed by atoms with Gasteiger partial charge in [-0.15, -0.1) is 4.99 Å². The van der Waals surface area contributed by atoms with Gasteiger partial charge in [0.15, 0.2) is 0 Å². The van der Waals surface area contributed by atoms with E-state index in [1.807, 2.05) is 22.6 Å². The van der Waals surface area contributed by atoms with Crippen LogP contribution < -0.4 is 10.6 Å². The van der Waals surface area contributed by atoms with Crippen LogP contribution in [0.4, 0.5) is 15.3 Å². The molecule has 160 valence electrons. The molecule has 0 aromatic heterocycles. The molecule has 0 fully saturated rings. The van der Waals surface area contributed by atoms with Crippen LogP contribution in [-0.2, 0) is 14.2 Å². The number of benzene rings is 1. The quantitative estimate of drug-likeness (QED) is 0.197. The van der Waals surface area contributed by atoms with E-state index in [-0.39, 0.29) is 5.96 Å². The van der Waals surface area contributed by atoms with Gasteiger partial charge in [0.2, 0.25) is 5.96 Å². The molecular formula is C19H26IN3O6. The number of amides is 2. The lowest BCUT2D eigenvalue weighted by Gasteiger charge is -2.21. The molecule has 2 amide bonds. The van der Waals surface area contributed by atoms with Crippen molar-refractivity contribution in [1.29, 1.82) is 0 Å². The molecule has 0 bridgehead atoms. The van der Waals surface area contributed by atoms with Crippen molar-refractivity contribution in [2.45, 2.75) is 52.7 Å². The second-order valence-corrected chi connectivity index (χ2v) is 9.04. The summed E-state index contributed by atoms with van der Waals surface area (Å²) < 4.78 is 15.7. The van der Waals surface area contributed by atoms with Crippen LogP contribution in [0.1, 0.15) is 51.9 Å². The van der Waals surface area contributed by atoms with Crippen LogP contribution in [0.15, 0.2) is 23.2 Å². The summed E-state index contributed by atoms with van der Waals surface area (Å²) in [7, 11) is 1.29. The van der Waals surface area contributed by atoms with E-state index in [1.54, 1.807) is 53.7 Å². The normalized spacial score (nSPS) is 12.1. The summed E-state index contributed by atoms with van der Waals surface area (Å²) in [6.45, 7) is 10.2. The number of nitrogens with zero attached hydrogens (tertiary/aromatic N) is 1. The van der Waals surface area contributed by atoms with E-state index in [9.17, 15) is 14.4 Å². The van der Waals surface area contributed by atoms with Crippen LogP contribution in [-0.4, -0.2) is 42.4 Å². The summed E-state index contributed by atoms with van der Waals surface area (Å²) in [5.41, 5.74) is -0.642. The molecule has 0 heterocycles. The summed E-state index contributed by atoms with van der Waals surface area (Å²) in [5.74, 6) is -0.666. The van der Waals surface area contributed by atoms with Crippen LogP contribution in [0, 0.1) is 3.57 Å². The Morgan fingerprint density at radius 1 is 1.00 bits per heavy atom. The van der Waals surface area contributed by atoms with Gasteiger partial charge in [-0.1, -0.05) is 0 Å². The zero-order valence-electron chi connectivity index (χ0n) is 17.5. The summed E-state index contributed by atoms with van der Waals surface area (Å²) >= 11 is 2.00. The van der Waals surface area contributed by atoms with Gasteiger partial charge >= 0.3 is 18.2 Å². The third-order valence-corrected chi connectivity index (χ3v) is 3.75. The Morgan fingerprint density at radius 3 is 2.07 bits per heavy atom. The van der Waals surface area contributed by atoms with Gasteiger partial charge in [-0.25, -0.2) is 14.4 Å². The third-order valence-electron chi connectivity index (χ3n) is 2.86. The van der Waals surface area contributed by atoms with Crippen LogP contribution in [0.5, 0.6) is 0 Å². The predicted octanol–water partition coefficient (Wildman–Crippen LogP) is 4.31. The van der Waals surface area contributed by atoms with Gasteiger partial charge in [-0.3, -0.25) is 5.32 Å². The van der Waals surface area contributed by atoms with Crippen molar-refractivity contribution < 1.29 is 28.6 Å². The average molecular weight is 519 g/mol. The Balaban J connectivity index is 3.12. The fourth-order valence-electron chi connectivity index (χ4n) is 1.85. The molecule has 0 aliphatic heterocycles. The van der Waals surface area contributed by atoms with Gasteiger partial charge in [0, 0.05) is 3.57 Å². The van der Waals surface area contributed by atoms with Gasteiger partial charge in [0.25, 0.3) is 0 Å². The monoisotopic (exact) mass is 519 g/mol. The number of ether oxygens (including phenoxy) is 3. The van der Waals surface area contributed by atoms with Crippen LogP contribution in [0.3, 0.4) is 0 Å². The summed E-state index contributed by atoms with van der Waals surface area (Å²) in [5, 5.41) is 5.24. The summed E-state index contributed by atoms with van der Waals surface area (Å²) in [6, 6.07) is 4.72. The maximum Gasteiger partial charge on any atom is 0.437 e. The van der Waals surface area contributed by atoms with E-state index >= 15 is 0 Å². The topological polar surface area (TPSA) is 115 Å². The third kappa shape index (κ3) is 9.59. The fourth-order valence-corrected chi connectivity index (χ4v) is 2.50. The number of aliphatic imine (C=N–C) groups is 1. The number of carbonyl (C=O) groups is 3. The minimum atomic E-state index is -0.891. The smallest absolute Gasteiger partial charge is 0.437 e. The molecule has 9 nitrogen and oxygen atoms in total. The first-order valence-corrected chi connectivity index (χ1v) is 9.74. The largest absolute Gasteiger partial charge is 0.465 e. The van der Waals surface area contributed by atoms with E-state index in [4.69, 9.17) is 9.47 Å². The molecule has 1 aromatic carbocycles. The minimum absolute atomic E-state index is 0.183. The van der Waals surface area contributed by atoms with E-state index in [2.05, 4.69) is 20.4 Å². The zero-order valence-corrected chi connectivity index (χ0v) is 19.7. The highest BCUT2D eigenvalue weighted by Crippen LogP contribution is 2.20. The van der Waals surface area contributed by atoms with E-state index in [0.29, 0.717) is 14.8 Å². The van der Waals surface area contributed by atoms with Gasteiger partial charge in [-0.05, 0) is 82.3 Å². The predicted molar refractivity (Wildman–Crippen MR) is 117 cm³/mol. The number of hydrogen-bond donors (Lipinski definition) is 2. The molecule has 0 saturated carbocycles. The number of methoxy groups -OCH3 is 1. The number of carbonyl (C=O) groups excluding carboxylic acids is 3. The van der Waals surface area contributed by atoms with Crippen molar-refractivity contribution >= 4 is 52.4 Å². The van der Waals surface area contributed by atoms with Crippen molar-refractivity contribution in [1.82, 2.24) is 5.32 Å². The standard InChI is InChI=1S/C19H26IN3O6/c1-18(2,3)28-16(25)22-15(23-17(26)29-19(4,5)6)21-13-9-8-11(10-12(13)20)14(24)27-7/h8-10H,1-7H3,(H2,21,22,23,25,26). The Morgan fingerprint density at radius 2 is 1.59 bits per heavy atom. The van der Waals surface area contributed by atoms with Crippen molar-refractivity contribution in [3.05, 3.63) is 27.3 Å². The molecule has 2 N–H and O–H groups in total. The van der Waals surface area contributed by atoms with Gasteiger partial charge < -0.3 is 19.5 Å². The van der Waals surface area contributed by atoms with Crippen molar-refractivity contribution in [3.63, 3.8) is 0 Å². The molecule has 1 aromatic rings. The number of halogens is 1. The number of anilines is 1.